The Labute approximate surface area is 137 Å². The van der Waals surface area contributed by atoms with Gasteiger partial charge in [-0.2, -0.15) is 5.10 Å². The minimum Gasteiger partial charge on any atom is -0.357 e. The minimum absolute atomic E-state index is 0.364. The Morgan fingerprint density at radius 2 is 2.22 bits per heavy atom. The summed E-state index contributed by atoms with van der Waals surface area (Å²) in [5, 5.41) is 7.61. The first-order valence-electron chi connectivity index (χ1n) is 8.49. The summed E-state index contributed by atoms with van der Waals surface area (Å²) in [4.78, 5) is 11.4. The average molecular weight is 314 g/mol. The fourth-order valence-electron chi connectivity index (χ4n) is 3.29. The van der Waals surface area contributed by atoms with Gasteiger partial charge in [-0.05, 0) is 39.3 Å². The second kappa shape index (κ2) is 7.08. The highest BCUT2D eigenvalue weighted by Gasteiger charge is 2.26. The predicted molar refractivity (Wildman–Crippen MR) is 91.2 cm³/mol. The van der Waals surface area contributed by atoms with Crippen molar-refractivity contribution in [2.75, 3.05) is 18.9 Å². The van der Waals surface area contributed by atoms with Crippen LogP contribution in [0.4, 0.5) is 5.95 Å². The average Bonchev–Trinajstić information content (AvgIpc) is 2.95. The first kappa shape index (κ1) is 15.9. The van der Waals surface area contributed by atoms with Crippen LogP contribution in [0.1, 0.15) is 49.2 Å². The number of likely N-dealkylation sites (tertiary alicyclic amines) is 1. The van der Waals surface area contributed by atoms with Crippen molar-refractivity contribution in [3.05, 3.63) is 35.4 Å². The molecule has 6 nitrogen and oxygen atoms in total. The van der Waals surface area contributed by atoms with Gasteiger partial charge in [0.05, 0.1) is 17.4 Å². The van der Waals surface area contributed by atoms with E-state index in [-0.39, 0.29) is 0 Å². The maximum absolute atomic E-state index is 4.67. The van der Waals surface area contributed by atoms with Crippen LogP contribution in [0, 0.1) is 6.92 Å². The molecule has 1 fully saturated rings. The third-order valence-corrected chi connectivity index (χ3v) is 4.60. The molecule has 0 radical (unpaired) electrons. The molecule has 1 saturated heterocycles. The van der Waals surface area contributed by atoms with E-state index in [4.69, 9.17) is 0 Å². The van der Waals surface area contributed by atoms with E-state index in [9.17, 15) is 0 Å². The third-order valence-electron chi connectivity index (χ3n) is 4.60. The highest BCUT2D eigenvalue weighted by atomic mass is 15.3. The van der Waals surface area contributed by atoms with Gasteiger partial charge in [-0.3, -0.25) is 9.58 Å². The van der Waals surface area contributed by atoms with E-state index < -0.39 is 0 Å². The number of anilines is 1. The van der Waals surface area contributed by atoms with Gasteiger partial charge in [-0.1, -0.05) is 6.42 Å². The van der Waals surface area contributed by atoms with E-state index in [0.717, 1.165) is 37.4 Å². The number of aryl methyl sites for hydroxylation is 2. The molecule has 3 heterocycles. The number of aromatic nitrogens is 4. The van der Waals surface area contributed by atoms with E-state index in [1.54, 1.807) is 0 Å². The van der Waals surface area contributed by atoms with Crippen molar-refractivity contribution in [2.24, 2.45) is 0 Å². The summed E-state index contributed by atoms with van der Waals surface area (Å²) in [7, 11) is 1.86. The van der Waals surface area contributed by atoms with Crippen molar-refractivity contribution in [3.8, 4) is 0 Å². The molecule has 1 aliphatic rings. The fraction of sp³-hybridized carbons (Fsp3) is 0.588. The first-order chi connectivity index (χ1) is 11.2. The molecule has 3 rings (SSSR count). The van der Waals surface area contributed by atoms with E-state index in [1.807, 2.05) is 24.0 Å². The number of hydrogen-bond acceptors (Lipinski definition) is 5. The lowest BCUT2D eigenvalue weighted by Crippen LogP contribution is -2.33. The number of nitrogens with one attached hydrogen (secondary N) is 1. The molecule has 1 atom stereocenters. The monoisotopic (exact) mass is 314 g/mol. The smallest absolute Gasteiger partial charge is 0.222 e. The SMILES string of the molecule is CCn1cc(CN2CCCC[C@@H]2c2ccnc(NC)n2)c(C)n1. The van der Waals surface area contributed by atoms with Gasteiger partial charge in [0.2, 0.25) is 5.95 Å². The topological polar surface area (TPSA) is 58.9 Å². The summed E-state index contributed by atoms with van der Waals surface area (Å²) in [6.45, 7) is 7.20. The molecule has 23 heavy (non-hydrogen) atoms. The molecule has 6 heteroatoms. The molecule has 0 amide bonds. The molecule has 0 spiro atoms. The third kappa shape index (κ3) is 3.52. The van der Waals surface area contributed by atoms with Crippen LogP contribution < -0.4 is 5.32 Å². The van der Waals surface area contributed by atoms with Gasteiger partial charge in [0.1, 0.15) is 0 Å². The molecule has 0 saturated carbocycles. The second-order valence-corrected chi connectivity index (χ2v) is 6.13. The lowest BCUT2D eigenvalue weighted by molar-refractivity contribution is 0.137. The van der Waals surface area contributed by atoms with Gasteiger partial charge in [0, 0.05) is 38.1 Å². The van der Waals surface area contributed by atoms with Crippen molar-refractivity contribution in [1.82, 2.24) is 24.6 Å². The largest absolute Gasteiger partial charge is 0.357 e. The number of piperidine rings is 1. The number of hydrogen-bond donors (Lipinski definition) is 1. The maximum Gasteiger partial charge on any atom is 0.222 e. The number of rotatable bonds is 5. The van der Waals surface area contributed by atoms with Crippen LogP contribution in [0.5, 0.6) is 0 Å². The summed E-state index contributed by atoms with van der Waals surface area (Å²) >= 11 is 0. The first-order valence-corrected chi connectivity index (χ1v) is 8.49. The van der Waals surface area contributed by atoms with E-state index in [2.05, 4.69) is 45.3 Å². The Bertz CT molecular complexity index is 650. The Morgan fingerprint density at radius 1 is 1.35 bits per heavy atom. The van der Waals surface area contributed by atoms with Crippen molar-refractivity contribution in [3.63, 3.8) is 0 Å². The zero-order valence-electron chi connectivity index (χ0n) is 14.3. The molecule has 0 unspecified atom stereocenters. The zero-order chi connectivity index (χ0) is 16.2. The Balaban J connectivity index is 1.81. The summed E-state index contributed by atoms with van der Waals surface area (Å²) < 4.78 is 2.02. The van der Waals surface area contributed by atoms with Crippen LogP contribution >= 0.6 is 0 Å². The van der Waals surface area contributed by atoms with Crippen molar-refractivity contribution < 1.29 is 0 Å². The van der Waals surface area contributed by atoms with Crippen LogP contribution in [-0.2, 0) is 13.1 Å². The predicted octanol–water partition coefficient (Wildman–Crippen LogP) is 2.77. The molecule has 2 aromatic rings. The molecule has 0 aromatic carbocycles. The summed E-state index contributed by atoms with van der Waals surface area (Å²) in [6.07, 6.45) is 7.69. The molecular weight excluding hydrogens is 288 g/mol. The van der Waals surface area contributed by atoms with E-state index in [0.29, 0.717) is 12.0 Å². The van der Waals surface area contributed by atoms with Gasteiger partial charge in [-0.25, -0.2) is 9.97 Å². The number of nitrogens with zero attached hydrogens (tertiary/aromatic N) is 5. The minimum atomic E-state index is 0.364. The normalized spacial score (nSPS) is 19.0. The summed E-state index contributed by atoms with van der Waals surface area (Å²) in [6, 6.07) is 2.41. The van der Waals surface area contributed by atoms with Crippen LogP contribution in [0.2, 0.25) is 0 Å². The highest BCUT2D eigenvalue weighted by molar-refractivity contribution is 5.25. The highest BCUT2D eigenvalue weighted by Crippen LogP contribution is 2.31. The molecule has 2 aromatic heterocycles. The van der Waals surface area contributed by atoms with E-state index in [1.165, 1.54) is 18.4 Å². The Hall–Kier alpha value is -1.95. The van der Waals surface area contributed by atoms with Gasteiger partial charge < -0.3 is 5.32 Å². The molecule has 1 aliphatic heterocycles. The lowest BCUT2D eigenvalue weighted by atomic mass is 9.98. The second-order valence-electron chi connectivity index (χ2n) is 6.13. The molecule has 0 aliphatic carbocycles. The van der Waals surface area contributed by atoms with Crippen molar-refractivity contribution >= 4 is 5.95 Å². The zero-order valence-corrected chi connectivity index (χ0v) is 14.3. The van der Waals surface area contributed by atoms with Gasteiger partial charge >= 0.3 is 0 Å². The quantitative estimate of drug-likeness (QED) is 0.919. The van der Waals surface area contributed by atoms with Crippen molar-refractivity contribution in [1.29, 1.82) is 0 Å². The Morgan fingerprint density at radius 3 is 2.96 bits per heavy atom. The van der Waals surface area contributed by atoms with Crippen LogP contribution in [-0.4, -0.2) is 38.2 Å². The fourth-order valence-corrected chi connectivity index (χ4v) is 3.29. The van der Waals surface area contributed by atoms with E-state index >= 15 is 0 Å². The molecular formula is C17H26N6. The maximum atomic E-state index is 4.67. The van der Waals surface area contributed by atoms with Crippen LogP contribution in [0.3, 0.4) is 0 Å². The standard InChI is InChI=1S/C17H26N6/c1-4-23-12-14(13(2)21-23)11-22-10-6-5-7-16(22)15-8-9-19-17(18-3)20-15/h8-9,12,16H,4-7,10-11H2,1-3H3,(H,18,19,20)/t16-/m1/s1. The van der Waals surface area contributed by atoms with Crippen LogP contribution in [0.15, 0.2) is 18.5 Å². The van der Waals surface area contributed by atoms with Crippen LogP contribution in [0.25, 0.3) is 0 Å². The van der Waals surface area contributed by atoms with Crippen molar-refractivity contribution in [2.45, 2.75) is 52.2 Å². The molecule has 124 valence electrons. The molecule has 0 bridgehead atoms. The molecule has 1 N–H and O–H groups in total. The van der Waals surface area contributed by atoms with Gasteiger partial charge in [0.15, 0.2) is 0 Å². The summed E-state index contributed by atoms with van der Waals surface area (Å²) in [5.74, 6) is 0.697. The lowest BCUT2D eigenvalue weighted by Gasteiger charge is -2.35. The van der Waals surface area contributed by atoms with Gasteiger partial charge in [0.25, 0.3) is 0 Å². The van der Waals surface area contributed by atoms with Gasteiger partial charge in [-0.15, -0.1) is 0 Å². The summed E-state index contributed by atoms with van der Waals surface area (Å²) in [5.41, 5.74) is 3.57. The Kier molecular flexibility index (Phi) is 4.91.